The zero-order chi connectivity index (χ0) is 11.7. The summed E-state index contributed by atoms with van der Waals surface area (Å²) in [5.41, 5.74) is 1.65. The van der Waals surface area contributed by atoms with Crippen LogP contribution in [-0.4, -0.2) is 23.5 Å². The topological polar surface area (TPSA) is 50.8 Å². The maximum Gasteiger partial charge on any atom is 0.141 e. The molecule has 1 aromatic heterocycles. The number of nitriles is 1. The van der Waals surface area contributed by atoms with Gasteiger partial charge in [-0.3, -0.25) is 4.68 Å². The predicted molar refractivity (Wildman–Crippen MR) is 59.5 cm³/mol. The third-order valence-electron chi connectivity index (χ3n) is 1.91. The van der Waals surface area contributed by atoms with E-state index in [4.69, 9.17) is 10.00 Å². The van der Waals surface area contributed by atoms with Crippen LogP contribution in [0.4, 0.5) is 0 Å². The van der Waals surface area contributed by atoms with E-state index in [1.165, 1.54) is 0 Å². The zero-order valence-electron chi connectivity index (χ0n) is 9.95. The van der Waals surface area contributed by atoms with E-state index in [-0.39, 0.29) is 0 Å². The molecule has 0 atom stereocenters. The number of ether oxygens (including phenoxy) is 1. The number of hydrogen-bond acceptors (Lipinski definition) is 3. The molecule has 1 rings (SSSR count). The highest BCUT2D eigenvalue weighted by molar-refractivity contribution is 5.29. The monoisotopic (exact) mass is 209 g/mol. The van der Waals surface area contributed by atoms with Gasteiger partial charge in [-0.15, -0.1) is 0 Å². The molecule has 4 nitrogen and oxygen atoms in total. The van der Waals surface area contributed by atoms with E-state index in [1.807, 2.05) is 20.8 Å². The van der Waals surface area contributed by atoms with Gasteiger partial charge in [0.05, 0.1) is 19.3 Å². The fourth-order valence-corrected chi connectivity index (χ4v) is 1.16. The molecular weight excluding hydrogens is 190 g/mol. The molecule has 4 heteroatoms. The van der Waals surface area contributed by atoms with Crippen LogP contribution in [0, 0.1) is 11.3 Å². The highest BCUT2D eigenvalue weighted by atomic mass is 16.5. The molecule has 0 unspecified atom stereocenters. The van der Waals surface area contributed by atoms with Gasteiger partial charge < -0.3 is 4.74 Å². The Hall–Kier alpha value is -1.34. The third kappa shape index (κ3) is 3.72. The van der Waals surface area contributed by atoms with Gasteiger partial charge in [-0.2, -0.15) is 10.4 Å². The molecule has 84 valence electrons. The number of nitrogens with zero attached hydrogens (tertiary/aromatic N) is 3. The van der Waals surface area contributed by atoms with E-state index in [1.54, 1.807) is 18.0 Å². The minimum atomic E-state index is 0.583. The van der Waals surface area contributed by atoms with E-state index in [0.717, 1.165) is 12.0 Å². The van der Waals surface area contributed by atoms with Crippen molar-refractivity contribution in [1.82, 2.24) is 9.78 Å². The quantitative estimate of drug-likeness (QED) is 0.762. The van der Waals surface area contributed by atoms with Crippen molar-refractivity contribution in [3.05, 3.63) is 17.5 Å². The Bertz CT molecular complexity index is 312. The van der Waals surface area contributed by atoms with Crippen molar-refractivity contribution in [3.8, 4) is 6.07 Å². The molecule has 0 aliphatic rings. The van der Waals surface area contributed by atoms with Crippen molar-refractivity contribution in [2.24, 2.45) is 0 Å². The van der Waals surface area contributed by atoms with Crippen molar-refractivity contribution in [2.45, 2.75) is 33.7 Å². The molecule has 0 radical (unpaired) electrons. The lowest BCUT2D eigenvalue weighted by Gasteiger charge is -2.01. The molecule has 0 bridgehead atoms. The summed E-state index contributed by atoms with van der Waals surface area (Å²) in [6.07, 6.45) is 2.59. The first kappa shape index (κ1) is 13.7. The summed E-state index contributed by atoms with van der Waals surface area (Å²) in [6.45, 7) is 7.23. The van der Waals surface area contributed by atoms with Crippen LogP contribution in [0.5, 0.6) is 0 Å². The molecule has 0 aliphatic heterocycles. The Balaban J connectivity index is 0.000000921. The first-order chi connectivity index (χ1) is 7.33. The van der Waals surface area contributed by atoms with Crippen molar-refractivity contribution >= 4 is 0 Å². The SMILES string of the molecule is CC.CCc1cnn(CCOC)c1C#N. The number of aryl methyl sites for hydroxylation is 1. The average molecular weight is 209 g/mol. The average Bonchev–Trinajstić information content (AvgIpc) is 2.70. The molecule has 0 N–H and O–H groups in total. The molecule has 0 aromatic carbocycles. The predicted octanol–water partition coefficient (Wildman–Crippen LogP) is 1.99. The smallest absolute Gasteiger partial charge is 0.141 e. The largest absolute Gasteiger partial charge is 0.383 e. The van der Waals surface area contributed by atoms with Gasteiger partial charge in [-0.1, -0.05) is 20.8 Å². The molecule has 0 fully saturated rings. The maximum atomic E-state index is 8.87. The van der Waals surface area contributed by atoms with Gasteiger partial charge in [0.2, 0.25) is 0 Å². The van der Waals surface area contributed by atoms with Crippen LogP contribution in [-0.2, 0) is 17.7 Å². The minimum Gasteiger partial charge on any atom is -0.383 e. The lowest BCUT2D eigenvalue weighted by Crippen LogP contribution is -2.08. The second-order valence-corrected chi connectivity index (χ2v) is 2.70. The molecule has 0 saturated heterocycles. The second-order valence-electron chi connectivity index (χ2n) is 2.70. The van der Waals surface area contributed by atoms with Crippen LogP contribution >= 0.6 is 0 Å². The van der Waals surface area contributed by atoms with Gasteiger partial charge >= 0.3 is 0 Å². The molecule has 0 saturated carbocycles. The first-order valence-electron chi connectivity index (χ1n) is 5.27. The van der Waals surface area contributed by atoms with Crippen molar-refractivity contribution in [1.29, 1.82) is 5.26 Å². The first-order valence-corrected chi connectivity index (χ1v) is 5.27. The van der Waals surface area contributed by atoms with Crippen LogP contribution in [0.15, 0.2) is 6.20 Å². The third-order valence-corrected chi connectivity index (χ3v) is 1.91. The van der Waals surface area contributed by atoms with Gasteiger partial charge in [-0.25, -0.2) is 0 Å². The molecule has 0 amide bonds. The summed E-state index contributed by atoms with van der Waals surface area (Å²) < 4.78 is 6.60. The van der Waals surface area contributed by atoms with Crippen molar-refractivity contribution in [2.75, 3.05) is 13.7 Å². The molecule has 0 aliphatic carbocycles. The Morgan fingerprint density at radius 3 is 2.67 bits per heavy atom. The lowest BCUT2D eigenvalue weighted by atomic mass is 10.2. The Kier molecular flexibility index (Phi) is 7.29. The normalized spacial score (nSPS) is 9.00. The van der Waals surface area contributed by atoms with Crippen LogP contribution in [0.25, 0.3) is 0 Å². The molecule has 0 spiro atoms. The van der Waals surface area contributed by atoms with E-state index in [2.05, 4.69) is 11.2 Å². The molecular formula is C11H19N3O. The zero-order valence-corrected chi connectivity index (χ0v) is 9.95. The van der Waals surface area contributed by atoms with Crippen molar-refractivity contribution < 1.29 is 4.74 Å². The van der Waals surface area contributed by atoms with Gasteiger partial charge in [0, 0.05) is 12.7 Å². The summed E-state index contributed by atoms with van der Waals surface area (Å²) in [4.78, 5) is 0. The van der Waals surface area contributed by atoms with E-state index in [9.17, 15) is 0 Å². The summed E-state index contributed by atoms with van der Waals surface area (Å²) in [5, 5.41) is 13.0. The van der Waals surface area contributed by atoms with Crippen molar-refractivity contribution in [3.63, 3.8) is 0 Å². The van der Waals surface area contributed by atoms with E-state index >= 15 is 0 Å². The van der Waals surface area contributed by atoms with Crippen LogP contribution in [0.2, 0.25) is 0 Å². The standard InChI is InChI=1S/C9H13N3O.C2H6/c1-3-8-7-11-12(4-5-13-2)9(8)6-10;1-2/h7H,3-5H2,1-2H3;1-2H3. The Morgan fingerprint density at radius 2 is 2.20 bits per heavy atom. The molecule has 1 heterocycles. The lowest BCUT2D eigenvalue weighted by molar-refractivity contribution is 0.183. The maximum absolute atomic E-state index is 8.87. The molecule has 1 aromatic rings. The number of rotatable bonds is 4. The number of hydrogen-bond donors (Lipinski definition) is 0. The highest BCUT2D eigenvalue weighted by Gasteiger charge is 2.07. The number of aromatic nitrogens is 2. The van der Waals surface area contributed by atoms with Gasteiger partial charge in [0.1, 0.15) is 11.8 Å². The highest BCUT2D eigenvalue weighted by Crippen LogP contribution is 2.07. The summed E-state index contributed by atoms with van der Waals surface area (Å²) >= 11 is 0. The molecule has 15 heavy (non-hydrogen) atoms. The summed E-state index contributed by atoms with van der Waals surface area (Å²) in [5.74, 6) is 0. The fraction of sp³-hybridized carbons (Fsp3) is 0.636. The van der Waals surface area contributed by atoms with E-state index < -0.39 is 0 Å². The van der Waals surface area contributed by atoms with Crippen LogP contribution < -0.4 is 0 Å². The number of methoxy groups -OCH3 is 1. The van der Waals surface area contributed by atoms with Gasteiger partial charge in [0.15, 0.2) is 0 Å². The fourth-order valence-electron chi connectivity index (χ4n) is 1.16. The van der Waals surface area contributed by atoms with Gasteiger partial charge in [-0.05, 0) is 6.42 Å². The second kappa shape index (κ2) is 8.01. The van der Waals surface area contributed by atoms with Gasteiger partial charge in [0.25, 0.3) is 0 Å². The Labute approximate surface area is 91.5 Å². The van der Waals surface area contributed by atoms with Crippen LogP contribution in [0.3, 0.4) is 0 Å². The summed E-state index contributed by atoms with van der Waals surface area (Å²) in [6, 6.07) is 2.15. The van der Waals surface area contributed by atoms with Crippen LogP contribution in [0.1, 0.15) is 32.0 Å². The summed E-state index contributed by atoms with van der Waals surface area (Å²) in [7, 11) is 1.64. The van der Waals surface area contributed by atoms with E-state index in [0.29, 0.717) is 18.8 Å². The Morgan fingerprint density at radius 1 is 1.53 bits per heavy atom. The minimum absolute atomic E-state index is 0.583.